The molecule has 3 heterocycles. The van der Waals surface area contributed by atoms with Gasteiger partial charge in [0.15, 0.2) is 0 Å². The largest absolute Gasteiger partial charge is 0.305 e. The maximum atomic E-state index is 2.80. The van der Waals surface area contributed by atoms with E-state index < -0.39 is 0 Å². The van der Waals surface area contributed by atoms with Crippen LogP contribution in [-0.2, 0) is 0 Å². The highest BCUT2D eigenvalue weighted by atomic mass is 15.3. The summed E-state index contributed by atoms with van der Waals surface area (Å²) in [6.45, 7) is 14.4. The van der Waals surface area contributed by atoms with E-state index in [2.05, 4.69) is 35.6 Å². The summed E-state index contributed by atoms with van der Waals surface area (Å²) in [5.41, 5.74) is 1.43. The molecule has 0 bridgehead atoms. The van der Waals surface area contributed by atoms with Crippen molar-refractivity contribution in [2.24, 2.45) is 16.7 Å². The van der Waals surface area contributed by atoms with Gasteiger partial charge in [0, 0.05) is 44.2 Å². The average Bonchev–Trinajstić information content (AvgIpc) is 3.12. The molecule has 0 aromatic carbocycles. The predicted molar refractivity (Wildman–Crippen MR) is 92.1 cm³/mol. The second-order valence-electron chi connectivity index (χ2n) is 9.68. The molecule has 22 heavy (non-hydrogen) atoms. The molecule has 0 N–H and O–H groups in total. The molecule has 4 fully saturated rings. The van der Waals surface area contributed by atoms with Gasteiger partial charge in [0.2, 0.25) is 0 Å². The summed E-state index contributed by atoms with van der Waals surface area (Å²) in [5, 5.41) is 0. The SMILES string of the molecule is CC(C)CC1(CN2CCC(N3CC4(CN(C)C4)C3)CC2)CC1. The van der Waals surface area contributed by atoms with Gasteiger partial charge in [-0.05, 0) is 63.6 Å². The minimum absolute atomic E-state index is 0.710. The second kappa shape index (κ2) is 5.46. The molecule has 0 aromatic rings. The molecule has 126 valence electrons. The van der Waals surface area contributed by atoms with E-state index in [1.807, 2.05) is 0 Å². The van der Waals surface area contributed by atoms with Gasteiger partial charge in [0.25, 0.3) is 0 Å². The summed E-state index contributed by atoms with van der Waals surface area (Å²) in [6.07, 6.45) is 7.28. The zero-order chi connectivity index (χ0) is 15.4. The Hall–Kier alpha value is -0.120. The molecular weight excluding hydrogens is 270 g/mol. The van der Waals surface area contributed by atoms with Crippen molar-refractivity contribution in [1.29, 1.82) is 0 Å². The Morgan fingerprint density at radius 3 is 2.14 bits per heavy atom. The summed E-state index contributed by atoms with van der Waals surface area (Å²) in [4.78, 5) is 8.06. The maximum absolute atomic E-state index is 2.80. The third-order valence-corrected chi connectivity index (χ3v) is 6.72. The van der Waals surface area contributed by atoms with Crippen LogP contribution in [0.5, 0.6) is 0 Å². The van der Waals surface area contributed by atoms with Crippen molar-refractivity contribution in [3.8, 4) is 0 Å². The minimum atomic E-state index is 0.710. The zero-order valence-corrected chi connectivity index (χ0v) is 15.0. The first-order chi connectivity index (χ1) is 10.5. The van der Waals surface area contributed by atoms with Gasteiger partial charge in [0.1, 0.15) is 0 Å². The van der Waals surface area contributed by atoms with Gasteiger partial charge in [-0.25, -0.2) is 0 Å². The molecule has 1 aliphatic carbocycles. The van der Waals surface area contributed by atoms with Gasteiger partial charge in [-0.1, -0.05) is 13.8 Å². The molecular formula is C19H35N3. The molecule has 3 saturated heterocycles. The van der Waals surface area contributed by atoms with Gasteiger partial charge < -0.3 is 9.80 Å². The van der Waals surface area contributed by atoms with Crippen molar-refractivity contribution in [2.45, 2.75) is 52.0 Å². The van der Waals surface area contributed by atoms with Crippen LogP contribution in [0.3, 0.4) is 0 Å². The molecule has 0 atom stereocenters. The molecule has 0 aromatic heterocycles. The first-order valence-corrected chi connectivity index (χ1v) is 9.63. The van der Waals surface area contributed by atoms with Crippen LogP contribution in [0.2, 0.25) is 0 Å². The van der Waals surface area contributed by atoms with Crippen LogP contribution in [0, 0.1) is 16.7 Å². The Morgan fingerprint density at radius 1 is 1.00 bits per heavy atom. The summed E-state index contributed by atoms with van der Waals surface area (Å²) < 4.78 is 0. The van der Waals surface area contributed by atoms with E-state index in [9.17, 15) is 0 Å². The van der Waals surface area contributed by atoms with E-state index in [1.54, 1.807) is 0 Å². The quantitative estimate of drug-likeness (QED) is 0.773. The van der Waals surface area contributed by atoms with Gasteiger partial charge in [0.05, 0.1) is 0 Å². The molecule has 1 saturated carbocycles. The molecule has 0 unspecified atom stereocenters. The Bertz CT molecular complexity index is 393. The molecule has 3 aliphatic heterocycles. The van der Waals surface area contributed by atoms with Gasteiger partial charge in [-0.15, -0.1) is 0 Å². The third-order valence-electron chi connectivity index (χ3n) is 6.72. The van der Waals surface area contributed by atoms with Crippen LogP contribution in [0.4, 0.5) is 0 Å². The molecule has 3 nitrogen and oxygen atoms in total. The Kier molecular flexibility index (Phi) is 3.82. The van der Waals surface area contributed by atoms with Crippen molar-refractivity contribution in [3.05, 3.63) is 0 Å². The monoisotopic (exact) mass is 305 g/mol. The molecule has 3 heteroatoms. The van der Waals surface area contributed by atoms with Crippen LogP contribution < -0.4 is 0 Å². The van der Waals surface area contributed by atoms with E-state index in [1.165, 1.54) is 77.9 Å². The van der Waals surface area contributed by atoms with E-state index >= 15 is 0 Å². The fourth-order valence-corrected chi connectivity index (χ4v) is 5.76. The second-order valence-corrected chi connectivity index (χ2v) is 9.68. The van der Waals surface area contributed by atoms with Crippen molar-refractivity contribution >= 4 is 0 Å². The fourth-order valence-electron chi connectivity index (χ4n) is 5.76. The Labute approximate surface area is 137 Å². The lowest BCUT2D eigenvalue weighted by Gasteiger charge is -2.62. The first kappa shape index (κ1) is 15.4. The highest BCUT2D eigenvalue weighted by Crippen LogP contribution is 2.51. The minimum Gasteiger partial charge on any atom is -0.305 e. The topological polar surface area (TPSA) is 9.72 Å². The smallest absolute Gasteiger partial charge is 0.0212 e. The van der Waals surface area contributed by atoms with Crippen molar-refractivity contribution < 1.29 is 0 Å². The number of hydrogen-bond acceptors (Lipinski definition) is 3. The zero-order valence-electron chi connectivity index (χ0n) is 15.0. The van der Waals surface area contributed by atoms with Crippen LogP contribution in [0.15, 0.2) is 0 Å². The fraction of sp³-hybridized carbons (Fsp3) is 1.00. The summed E-state index contributed by atoms with van der Waals surface area (Å²) >= 11 is 0. The number of likely N-dealkylation sites (tertiary alicyclic amines) is 3. The average molecular weight is 306 g/mol. The Balaban J connectivity index is 1.19. The number of hydrogen-bond donors (Lipinski definition) is 0. The molecule has 4 rings (SSSR count). The van der Waals surface area contributed by atoms with E-state index in [4.69, 9.17) is 0 Å². The summed E-state index contributed by atoms with van der Waals surface area (Å²) in [6, 6.07) is 0.896. The van der Waals surface area contributed by atoms with Crippen LogP contribution in [0.1, 0.15) is 46.0 Å². The van der Waals surface area contributed by atoms with Crippen molar-refractivity contribution in [2.75, 3.05) is 52.9 Å². The Morgan fingerprint density at radius 2 is 1.64 bits per heavy atom. The standard InChI is InChI=1S/C19H35N3/c1-16(2)10-18(6-7-18)13-21-8-4-17(5-9-21)22-14-19(15-22)11-20(3)12-19/h16-17H,4-15H2,1-3H3. The molecule has 4 aliphatic rings. The third kappa shape index (κ3) is 2.97. The highest BCUT2D eigenvalue weighted by molar-refractivity contribution is 5.06. The lowest BCUT2D eigenvalue weighted by molar-refractivity contribution is -0.128. The van der Waals surface area contributed by atoms with Crippen molar-refractivity contribution in [3.63, 3.8) is 0 Å². The van der Waals surface area contributed by atoms with E-state index in [0.29, 0.717) is 5.41 Å². The van der Waals surface area contributed by atoms with Crippen molar-refractivity contribution in [1.82, 2.24) is 14.7 Å². The van der Waals surface area contributed by atoms with Crippen LogP contribution in [-0.4, -0.2) is 73.6 Å². The first-order valence-electron chi connectivity index (χ1n) is 9.63. The lowest BCUT2D eigenvalue weighted by atomic mass is 9.72. The molecule has 0 amide bonds. The van der Waals surface area contributed by atoms with Crippen LogP contribution >= 0.6 is 0 Å². The molecule has 0 radical (unpaired) electrons. The highest BCUT2D eigenvalue weighted by Gasteiger charge is 2.52. The number of nitrogens with zero attached hydrogens (tertiary/aromatic N) is 3. The van der Waals surface area contributed by atoms with Gasteiger partial charge in [-0.3, -0.25) is 4.90 Å². The predicted octanol–water partition coefficient (Wildman–Crippen LogP) is 2.52. The van der Waals surface area contributed by atoms with Gasteiger partial charge in [-0.2, -0.15) is 0 Å². The van der Waals surface area contributed by atoms with Gasteiger partial charge >= 0.3 is 0 Å². The van der Waals surface area contributed by atoms with Crippen LogP contribution in [0.25, 0.3) is 0 Å². The number of rotatable bonds is 5. The maximum Gasteiger partial charge on any atom is 0.0212 e. The normalized spacial score (nSPS) is 32.2. The summed E-state index contributed by atoms with van der Waals surface area (Å²) in [7, 11) is 2.26. The lowest BCUT2D eigenvalue weighted by Crippen LogP contribution is -2.73. The number of piperidine rings is 1. The molecule has 1 spiro atoms. The van der Waals surface area contributed by atoms with E-state index in [0.717, 1.165) is 17.4 Å². The summed E-state index contributed by atoms with van der Waals surface area (Å²) in [5.74, 6) is 0.873. The van der Waals surface area contributed by atoms with E-state index in [-0.39, 0.29) is 0 Å².